The number of benzene rings is 3. The van der Waals surface area contributed by atoms with Crippen molar-refractivity contribution in [3.8, 4) is 16.9 Å². The van der Waals surface area contributed by atoms with E-state index in [9.17, 15) is 13.2 Å². The summed E-state index contributed by atoms with van der Waals surface area (Å²) in [5, 5.41) is 0. The average Bonchev–Trinajstić information content (AvgIpc) is 2.66. The fraction of sp³-hybridized carbons (Fsp3) is 0.217. The predicted molar refractivity (Wildman–Crippen MR) is 102 cm³/mol. The third-order valence-electron chi connectivity index (χ3n) is 4.50. The first-order valence-electron chi connectivity index (χ1n) is 8.94. The first-order valence-corrected chi connectivity index (χ1v) is 8.94. The van der Waals surface area contributed by atoms with E-state index in [2.05, 4.69) is 0 Å². The van der Waals surface area contributed by atoms with Gasteiger partial charge in [0.15, 0.2) is 11.6 Å². The van der Waals surface area contributed by atoms with Crippen molar-refractivity contribution < 1.29 is 17.9 Å². The van der Waals surface area contributed by atoms with Crippen molar-refractivity contribution in [1.82, 2.24) is 0 Å². The Kier molecular flexibility index (Phi) is 5.84. The minimum Gasteiger partial charge on any atom is -0.491 e. The van der Waals surface area contributed by atoms with Gasteiger partial charge in [-0.05, 0) is 67.1 Å². The molecule has 0 bridgehead atoms. The van der Waals surface area contributed by atoms with Crippen molar-refractivity contribution in [2.45, 2.75) is 26.7 Å². The molecule has 0 aliphatic carbocycles. The van der Waals surface area contributed by atoms with Gasteiger partial charge >= 0.3 is 0 Å². The van der Waals surface area contributed by atoms with Gasteiger partial charge in [-0.2, -0.15) is 4.39 Å². The molecule has 0 aromatic heterocycles. The van der Waals surface area contributed by atoms with Gasteiger partial charge in [0, 0.05) is 5.56 Å². The molecular weight excluding hydrogens is 349 g/mol. The number of ether oxygens (including phenoxy) is 1. The van der Waals surface area contributed by atoms with Gasteiger partial charge in [-0.15, -0.1) is 0 Å². The van der Waals surface area contributed by atoms with Crippen LogP contribution in [-0.2, 0) is 12.8 Å². The van der Waals surface area contributed by atoms with E-state index in [-0.39, 0.29) is 23.7 Å². The van der Waals surface area contributed by atoms with E-state index >= 15 is 0 Å². The molecule has 140 valence electrons. The van der Waals surface area contributed by atoms with E-state index < -0.39 is 11.6 Å². The maximum absolute atomic E-state index is 14.3. The lowest BCUT2D eigenvalue weighted by atomic mass is 9.99. The minimum atomic E-state index is -0.978. The molecule has 0 saturated heterocycles. The van der Waals surface area contributed by atoms with Gasteiger partial charge in [0.1, 0.15) is 5.82 Å². The summed E-state index contributed by atoms with van der Waals surface area (Å²) in [6.07, 6.45) is 1.25. The Hall–Kier alpha value is -2.75. The standard InChI is InChI=1S/C23H21F3O/c1-3-27-21-13-12-19(22(25)23(21)26)17-9-5-16(6-10-17)7-11-18-8-4-15(2)14-20(18)24/h4-6,8-10,12-14H,3,7,11H2,1-2H3. The highest BCUT2D eigenvalue weighted by atomic mass is 19.2. The quantitative estimate of drug-likeness (QED) is 0.497. The van der Waals surface area contributed by atoms with Gasteiger partial charge in [0.2, 0.25) is 5.82 Å². The summed E-state index contributed by atoms with van der Waals surface area (Å²) in [6, 6.07) is 15.4. The number of rotatable bonds is 6. The number of aryl methyl sites for hydroxylation is 3. The third kappa shape index (κ3) is 4.33. The van der Waals surface area contributed by atoms with Crippen LogP contribution in [0.25, 0.3) is 11.1 Å². The van der Waals surface area contributed by atoms with Gasteiger partial charge in [0.25, 0.3) is 0 Å². The summed E-state index contributed by atoms with van der Waals surface area (Å²) in [5.41, 5.74) is 3.34. The minimum absolute atomic E-state index is 0.0875. The molecule has 0 heterocycles. The molecular formula is C23H21F3O. The molecule has 0 spiro atoms. The molecule has 0 radical (unpaired) electrons. The summed E-state index contributed by atoms with van der Waals surface area (Å²) < 4.78 is 47.4. The molecule has 27 heavy (non-hydrogen) atoms. The zero-order valence-electron chi connectivity index (χ0n) is 15.4. The Morgan fingerprint density at radius 3 is 2.22 bits per heavy atom. The second-order valence-electron chi connectivity index (χ2n) is 6.46. The van der Waals surface area contributed by atoms with Crippen LogP contribution in [0.4, 0.5) is 13.2 Å². The highest BCUT2D eigenvalue weighted by Gasteiger charge is 2.15. The fourth-order valence-corrected chi connectivity index (χ4v) is 3.01. The van der Waals surface area contributed by atoms with Crippen molar-refractivity contribution in [3.05, 3.63) is 88.7 Å². The van der Waals surface area contributed by atoms with Crippen molar-refractivity contribution in [1.29, 1.82) is 0 Å². The lowest BCUT2D eigenvalue weighted by Crippen LogP contribution is -1.99. The molecule has 0 N–H and O–H groups in total. The van der Waals surface area contributed by atoms with Gasteiger partial charge in [-0.1, -0.05) is 36.4 Å². The van der Waals surface area contributed by atoms with E-state index in [0.29, 0.717) is 24.0 Å². The highest BCUT2D eigenvalue weighted by molar-refractivity contribution is 5.65. The summed E-state index contributed by atoms with van der Waals surface area (Å²) in [4.78, 5) is 0. The maximum Gasteiger partial charge on any atom is 0.201 e. The van der Waals surface area contributed by atoms with Gasteiger partial charge in [-0.3, -0.25) is 0 Å². The van der Waals surface area contributed by atoms with Crippen LogP contribution >= 0.6 is 0 Å². The normalized spacial score (nSPS) is 10.9. The van der Waals surface area contributed by atoms with E-state index in [0.717, 1.165) is 11.1 Å². The Morgan fingerprint density at radius 1 is 0.815 bits per heavy atom. The molecule has 0 aliphatic rings. The van der Waals surface area contributed by atoms with Crippen LogP contribution in [0.1, 0.15) is 23.6 Å². The van der Waals surface area contributed by atoms with Crippen molar-refractivity contribution in [2.24, 2.45) is 0 Å². The zero-order chi connectivity index (χ0) is 19.4. The highest BCUT2D eigenvalue weighted by Crippen LogP contribution is 2.30. The second-order valence-corrected chi connectivity index (χ2v) is 6.46. The number of hydrogen-bond acceptors (Lipinski definition) is 1. The lowest BCUT2D eigenvalue weighted by Gasteiger charge is -2.10. The lowest BCUT2D eigenvalue weighted by molar-refractivity contribution is 0.314. The summed E-state index contributed by atoms with van der Waals surface area (Å²) >= 11 is 0. The molecule has 4 heteroatoms. The predicted octanol–water partition coefficient (Wildman–Crippen LogP) is 6.26. The van der Waals surface area contributed by atoms with Gasteiger partial charge < -0.3 is 4.74 Å². The first-order chi connectivity index (χ1) is 13.0. The van der Waals surface area contributed by atoms with Crippen LogP contribution in [0.5, 0.6) is 5.75 Å². The van der Waals surface area contributed by atoms with Gasteiger partial charge in [0.05, 0.1) is 6.61 Å². The topological polar surface area (TPSA) is 9.23 Å². The second kappa shape index (κ2) is 8.30. The van der Waals surface area contributed by atoms with E-state index in [1.807, 2.05) is 25.1 Å². The number of halogens is 3. The van der Waals surface area contributed by atoms with Crippen LogP contribution < -0.4 is 4.74 Å². The molecule has 3 aromatic rings. The monoisotopic (exact) mass is 370 g/mol. The Labute approximate surface area is 157 Å². The van der Waals surface area contributed by atoms with E-state index in [1.54, 1.807) is 25.1 Å². The third-order valence-corrected chi connectivity index (χ3v) is 4.50. The van der Waals surface area contributed by atoms with Crippen LogP contribution in [0.15, 0.2) is 54.6 Å². The smallest absolute Gasteiger partial charge is 0.201 e. The molecule has 0 aliphatic heterocycles. The SMILES string of the molecule is CCOc1ccc(-c2ccc(CCc3ccc(C)cc3F)cc2)c(F)c1F. The Morgan fingerprint density at radius 2 is 1.56 bits per heavy atom. The van der Waals surface area contributed by atoms with Crippen LogP contribution in [0, 0.1) is 24.4 Å². The zero-order valence-corrected chi connectivity index (χ0v) is 15.4. The van der Waals surface area contributed by atoms with Crippen LogP contribution in [0.2, 0.25) is 0 Å². The van der Waals surface area contributed by atoms with Crippen molar-refractivity contribution in [2.75, 3.05) is 6.61 Å². The largest absolute Gasteiger partial charge is 0.491 e. The average molecular weight is 370 g/mol. The first kappa shape index (κ1) is 19.0. The van der Waals surface area contributed by atoms with Crippen molar-refractivity contribution >= 4 is 0 Å². The molecule has 0 unspecified atom stereocenters. The van der Waals surface area contributed by atoms with E-state index in [4.69, 9.17) is 4.74 Å². The molecule has 1 nitrogen and oxygen atoms in total. The molecule has 0 amide bonds. The van der Waals surface area contributed by atoms with Crippen LogP contribution in [0.3, 0.4) is 0 Å². The molecule has 0 fully saturated rings. The van der Waals surface area contributed by atoms with Crippen LogP contribution in [-0.4, -0.2) is 6.61 Å². The Bertz CT molecular complexity index is 933. The van der Waals surface area contributed by atoms with E-state index in [1.165, 1.54) is 18.2 Å². The Balaban J connectivity index is 1.74. The van der Waals surface area contributed by atoms with Gasteiger partial charge in [-0.25, -0.2) is 8.78 Å². The maximum atomic E-state index is 14.3. The van der Waals surface area contributed by atoms with Crippen molar-refractivity contribution in [3.63, 3.8) is 0 Å². The molecule has 0 atom stereocenters. The summed E-state index contributed by atoms with van der Waals surface area (Å²) in [7, 11) is 0. The molecule has 0 saturated carbocycles. The fourth-order valence-electron chi connectivity index (χ4n) is 3.01. The number of hydrogen-bond donors (Lipinski definition) is 0. The summed E-state index contributed by atoms with van der Waals surface area (Å²) in [5.74, 6) is -2.18. The summed E-state index contributed by atoms with van der Waals surface area (Å²) in [6.45, 7) is 3.84. The molecule has 3 aromatic carbocycles. The molecule has 3 rings (SSSR count).